The fraction of sp³-hybridized carbons (Fsp3) is 0.105. The third-order valence-electron chi connectivity index (χ3n) is 3.72. The van der Waals surface area contributed by atoms with E-state index in [1.807, 2.05) is 59.1 Å². The smallest absolute Gasteiger partial charge is 0.234 e. The zero-order valence-corrected chi connectivity index (χ0v) is 15.7. The Labute approximate surface area is 159 Å². The topological polar surface area (TPSA) is 52.3 Å². The summed E-state index contributed by atoms with van der Waals surface area (Å²) in [5, 5.41) is 14.0. The van der Waals surface area contributed by atoms with Gasteiger partial charge in [0.25, 0.3) is 0 Å². The number of rotatable bonds is 6. The molecule has 0 radical (unpaired) electrons. The normalized spacial score (nSPS) is 11.4. The van der Waals surface area contributed by atoms with Crippen molar-refractivity contribution in [2.45, 2.75) is 10.6 Å². The Morgan fingerprint density at radius 3 is 2.62 bits per heavy atom. The summed E-state index contributed by atoms with van der Waals surface area (Å²) in [5.41, 5.74) is 1.09. The van der Waals surface area contributed by atoms with Gasteiger partial charge in [0.05, 0.1) is 12.9 Å². The van der Waals surface area contributed by atoms with Crippen LogP contribution in [-0.2, 0) is 5.75 Å². The molecule has 5 nitrogen and oxygen atoms in total. The average Bonchev–Trinajstić information content (AvgIpc) is 3.26. The summed E-state index contributed by atoms with van der Waals surface area (Å²) in [6, 6.07) is 18.2. The highest BCUT2D eigenvalue weighted by atomic mass is 32.2. The molecule has 0 unspecified atom stereocenters. The van der Waals surface area contributed by atoms with E-state index in [4.69, 9.17) is 4.74 Å². The van der Waals surface area contributed by atoms with Gasteiger partial charge in [-0.25, -0.2) is 0 Å². The molecule has 0 aliphatic carbocycles. The standard InChI is InChI=1S/C19H16N4OS2/c1-24-15-10-7-14(8-11-15)9-12-18-22-23-17(20-21-19(23)26-18)13-25-16-5-3-2-4-6-16/h2-12H,13H2,1H3/b12-9-. The largest absolute Gasteiger partial charge is 0.497 e. The third-order valence-corrected chi connectivity index (χ3v) is 5.59. The highest BCUT2D eigenvalue weighted by molar-refractivity contribution is 7.98. The first-order chi connectivity index (χ1) is 12.8. The molecular weight excluding hydrogens is 364 g/mol. The zero-order valence-electron chi connectivity index (χ0n) is 14.1. The molecule has 2 aromatic carbocycles. The van der Waals surface area contributed by atoms with E-state index in [1.54, 1.807) is 18.9 Å². The van der Waals surface area contributed by atoms with Gasteiger partial charge >= 0.3 is 0 Å². The molecule has 26 heavy (non-hydrogen) atoms. The molecule has 0 spiro atoms. The highest BCUT2D eigenvalue weighted by Gasteiger charge is 2.10. The van der Waals surface area contributed by atoms with Crippen molar-refractivity contribution in [3.05, 3.63) is 71.0 Å². The fourth-order valence-electron chi connectivity index (χ4n) is 2.38. The summed E-state index contributed by atoms with van der Waals surface area (Å²) >= 11 is 3.25. The molecule has 2 heterocycles. The Bertz CT molecular complexity index is 1020. The van der Waals surface area contributed by atoms with Crippen LogP contribution < -0.4 is 4.74 Å². The van der Waals surface area contributed by atoms with Gasteiger partial charge in [0, 0.05) is 4.90 Å². The minimum Gasteiger partial charge on any atom is -0.497 e. The van der Waals surface area contributed by atoms with Crippen molar-refractivity contribution in [2.24, 2.45) is 0 Å². The number of methoxy groups -OCH3 is 1. The van der Waals surface area contributed by atoms with E-state index in [2.05, 4.69) is 27.4 Å². The Hall–Kier alpha value is -2.64. The van der Waals surface area contributed by atoms with Crippen LogP contribution in [0.3, 0.4) is 0 Å². The number of thioether (sulfide) groups is 1. The van der Waals surface area contributed by atoms with Crippen LogP contribution in [0.2, 0.25) is 0 Å². The average molecular weight is 380 g/mol. The summed E-state index contributed by atoms with van der Waals surface area (Å²) in [7, 11) is 1.66. The third kappa shape index (κ3) is 3.79. The summed E-state index contributed by atoms with van der Waals surface area (Å²) in [4.78, 5) is 2.02. The van der Waals surface area contributed by atoms with E-state index in [-0.39, 0.29) is 0 Å². The first kappa shape index (κ1) is 16.8. The lowest BCUT2D eigenvalue weighted by Crippen LogP contribution is -1.93. The van der Waals surface area contributed by atoms with Crippen LogP contribution in [-0.4, -0.2) is 26.9 Å². The molecule has 4 rings (SSSR count). The first-order valence-electron chi connectivity index (χ1n) is 8.03. The minimum atomic E-state index is 0.733. The fourth-order valence-corrected chi connectivity index (χ4v) is 3.96. The van der Waals surface area contributed by atoms with E-state index < -0.39 is 0 Å². The maximum atomic E-state index is 5.17. The van der Waals surface area contributed by atoms with E-state index in [9.17, 15) is 0 Å². The van der Waals surface area contributed by atoms with E-state index in [1.165, 1.54) is 16.2 Å². The molecule has 130 valence electrons. The number of ether oxygens (including phenoxy) is 1. The molecule has 0 aliphatic rings. The molecule has 0 saturated carbocycles. The molecule has 0 aliphatic heterocycles. The van der Waals surface area contributed by atoms with Crippen molar-refractivity contribution in [3.8, 4) is 5.75 Å². The number of hydrogen-bond acceptors (Lipinski definition) is 6. The molecule has 0 N–H and O–H groups in total. The number of benzene rings is 2. The van der Waals surface area contributed by atoms with E-state index in [0.717, 1.165) is 32.9 Å². The van der Waals surface area contributed by atoms with Crippen LogP contribution in [0.1, 0.15) is 16.4 Å². The number of aromatic nitrogens is 4. The Morgan fingerprint density at radius 2 is 1.85 bits per heavy atom. The highest BCUT2D eigenvalue weighted by Crippen LogP contribution is 2.23. The van der Waals surface area contributed by atoms with Crippen LogP contribution in [0.15, 0.2) is 59.5 Å². The predicted octanol–water partition coefficient (Wildman–Crippen LogP) is 4.66. The Morgan fingerprint density at radius 1 is 1.04 bits per heavy atom. The van der Waals surface area contributed by atoms with Gasteiger partial charge in [-0.05, 0) is 35.9 Å². The van der Waals surface area contributed by atoms with Crippen molar-refractivity contribution in [2.75, 3.05) is 7.11 Å². The lowest BCUT2D eigenvalue weighted by molar-refractivity contribution is 0.415. The van der Waals surface area contributed by atoms with Crippen LogP contribution >= 0.6 is 23.1 Å². The zero-order chi connectivity index (χ0) is 17.8. The summed E-state index contributed by atoms with van der Waals surface area (Å²) < 4.78 is 7.00. The predicted molar refractivity (Wildman–Crippen MR) is 107 cm³/mol. The second-order valence-corrected chi connectivity index (χ2v) is 7.50. The molecular formula is C19H16N4OS2. The van der Waals surface area contributed by atoms with Gasteiger partial charge in [-0.2, -0.15) is 9.61 Å². The van der Waals surface area contributed by atoms with Gasteiger partial charge in [-0.15, -0.1) is 22.0 Å². The molecule has 0 saturated heterocycles. The van der Waals surface area contributed by atoms with E-state index in [0.29, 0.717) is 0 Å². The molecule has 0 fully saturated rings. The lowest BCUT2D eigenvalue weighted by atomic mass is 10.2. The maximum Gasteiger partial charge on any atom is 0.234 e. The summed E-state index contributed by atoms with van der Waals surface area (Å²) in [5.74, 6) is 2.44. The number of hydrogen-bond donors (Lipinski definition) is 0. The quantitative estimate of drug-likeness (QED) is 0.456. The summed E-state index contributed by atoms with van der Waals surface area (Å²) in [6.45, 7) is 0. The first-order valence-corrected chi connectivity index (χ1v) is 9.83. The van der Waals surface area contributed by atoms with Crippen molar-refractivity contribution in [1.82, 2.24) is 19.8 Å². The van der Waals surface area contributed by atoms with Crippen molar-refractivity contribution in [1.29, 1.82) is 0 Å². The van der Waals surface area contributed by atoms with Crippen LogP contribution in [0.4, 0.5) is 0 Å². The SMILES string of the molecule is COc1ccc(/C=C\c2nn3c(CSc4ccccc4)nnc3s2)cc1. The van der Waals surface area contributed by atoms with Crippen molar-refractivity contribution < 1.29 is 4.74 Å². The molecule has 2 aromatic heterocycles. The Balaban J connectivity index is 1.49. The van der Waals surface area contributed by atoms with Gasteiger partial charge in [-0.1, -0.05) is 47.7 Å². The van der Waals surface area contributed by atoms with Crippen molar-refractivity contribution >= 4 is 40.2 Å². The second-order valence-electron chi connectivity index (χ2n) is 5.46. The summed E-state index contributed by atoms with van der Waals surface area (Å²) in [6.07, 6.45) is 4.03. The maximum absolute atomic E-state index is 5.17. The number of fused-ring (bicyclic) bond motifs is 1. The molecule has 0 bridgehead atoms. The van der Waals surface area contributed by atoms with Gasteiger partial charge in [0.1, 0.15) is 10.8 Å². The number of nitrogens with zero attached hydrogens (tertiary/aromatic N) is 4. The van der Waals surface area contributed by atoms with Crippen LogP contribution in [0, 0.1) is 0 Å². The van der Waals surface area contributed by atoms with Gasteiger partial charge < -0.3 is 4.74 Å². The lowest BCUT2D eigenvalue weighted by Gasteiger charge is -1.98. The monoisotopic (exact) mass is 380 g/mol. The van der Waals surface area contributed by atoms with Crippen LogP contribution in [0.5, 0.6) is 5.75 Å². The Kier molecular flexibility index (Phi) is 4.99. The second kappa shape index (κ2) is 7.72. The van der Waals surface area contributed by atoms with Gasteiger partial charge in [-0.3, -0.25) is 0 Å². The minimum absolute atomic E-state index is 0.733. The van der Waals surface area contributed by atoms with Gasteiger partial charge in [0.2, 0.25) is 4.96 Å². The van der Waals surface area contributed by atoms with Crippen LogP contribution in [0.25, 0.3) is 17.1 Å². The molecule has 4 aromatic rings. The van der Waals surface area contributed by atoms with Crippen molar-refractivity contribution in [3.63, 3.8) is 0 Å². The molecule has 7 heteroatoms. The van der Waals surface area contributed by atoms with Gasteiger partial charge in [0.15, 0.2) is 5.82 Å². The molecule has 0 atom stereocenters. The molecule has 0 amide bonds. The van der Waals surface area contributed by atoms with E-state index >= 15 is 0 Å².